The van der Waals surface area contributed by atoms with Crippen LogP contribution in [0.25, 0.3) is 0 Å². The lowest BCUT2D eigenvalue weighted by Gasteiger charge is -2.22. The Morgan fingerprint density at radius 2 is 2.17 bits per heavy atom. The highest BCUT2D eigenvalue weighted by molar-refractivity contribution is 4.89. The molecule has 0 heterocycles. The van der Waals surface area contributed by atoms with Crippen LogP contribution in [0.3, 0.4) is 0 Å². The van der Waals surface area contributed by atoms with Crippen LogP contribution in [0.5, 0.6) is 0 Å². The highest BCUT2D eigenvalue weighted by Crippen LogP contribution is 2.49. The van der Waals surface area contributed by atoms with Gasteiger partial charge in [0.25, 0.3) is 0 Å². The van der Waals surface area contributed by atoms with E-state index in [0.29, 0.717) is 6.04 Å². The van der Waals surface area contributed by atoms with Crippen molar-refractivity contribution in [1.82, 2.24) is 0 Å². The zero-order chi connectivity index (χ0) is 8.55. The maximum absolute atomic E-state index is 5.77. The van der Waals surface area contributed by atoms with Gasteiger partial charge < -0.3 is 5.73 Å². The Morgan fingerprint density at radius 1 is 1.33 bits per heavy atom. The normalized spacial score (nSPS) is 42.0. The minimum atomic E-state index is 0.420. The summed E-state index contributed by atoms with van der Waals surface area (Å²) in [6.45, 7) is 2.13. The van der Waals surface area contributed by atoms with E-state index in [4.69, 9.17) is 5.73 Å². The monoisotopic (exact) mass is 167 g/mol. The van der Waals surface area contributed by atoms with Crippen LogP contribution >= 0.6 is 0 Å². The second kappa shape index (κ2) is 3.37. The average Bonchev–Trinajstić information content (AvgIpc) is 2.60. The summed E-state index contributed by atoms with van der Waals surface area (Å²) in [6, 6.07) is 0.420. The van der Waals surface area contributed by atoms with E-state index in [2.05, 4.69) is 6.92 Å². The lowest BCUT2D eigenvalue weighted by molar-refractivity contribution is 0.302. The van der Waals surface area contributed by atoms with E-state index < -0.39 is 0 Å². The summed E-state index contributed by atoms with van der Waals surface area (Å²) in [5.74, 6) is 3.25. The first-order chi connectivity index (χ1) is 5.75. The van der Waals surface area contributed by atoms with Gasteiger partial charge in [-0.25, -0.2) is 0 Å². The van der Waals surface area contributed by atoms with E-state index >= 15 is 0 Å². The number of fused-ring (bicyclic) bond motifs is 2. The first kappa shape index (κ1) is 8.55. The standard InChI is InChI=1S/C11H21N/c1-8(12)2-4-10-6-9-3-5-11(10)7-9/h8-11H,2-7,12H2,1H3/t8-,9?,10?,11?/m1/s1. The molecule has 1 nitrogen and oxygen atoms in total. The summed E-state index contributed by atoms with van der Waals surface area (Å²) in [5.41, 5.74) is 5.77. The van der Waals surface area contributed by atoms with E-state index in [1.54, 1.807) is 6.42 Å². The molecule has 2 fully saturated rings. The molecule has 0 radical (unpaired) electrons. The molecular formula is C11H21N. The summed E-state index contributed by atoms with van der Waals surface area (Å²) in [7, 11) is 0. The van der Waals surface area contributed by atoms with Crippen LogP contribution in [0.2, 0.25) is 0 Å². The zero-order valence-electron chi connectivity index (χ0n) is 8.13. The molecule has 2 N–H and O–H groups in total. The van der Waals surface area contributed by atoms with Crippen molar-refractivity contribution in [1.29, 1.82) is 0 Å². The van der Waals surface area contributed by atoms with Crippen molar-refractivity contribution in [3.63, 3.8) is 0 Å². The predicted molar refractivity (Wildman–Crippen MR) is 51.8 cm³/mol. The van der Waals surface area contributed by atoms with Crippen molar-refractivity contribution in [2.75, 3.05) is 0 Å². The minimum Gasteiger partial charge on any atom is -0.328 e. The van der Waals surface area contributed by atoms with Crippen LogP contribution in [-0.4, -0.2) is 6.04 Å². The summed E-state index contributed by atoms with van der Waals surface area (Å²) >= 11 is 0. The molecule has 2 rings (SSSR count). The third kappa shape index (κ3) is 1.66. The van der Waals surface area contributed by atoms with E-state index in [-0.39, 0.29) is 0 Å². The molecule has 0 spiro atoms. The van der Waals surface area contributed by atoms with Crippen molar-refractivity contribution in [2.45, 2.75) is 51.5 Å². The largest absolute Gasteiger partial charge is 0.328 e. The van der Waals surface area contributed by atoms with Crippen LogP contribution in [0, 0.1) is 17.8 Å². The molecule has 0 aromatic carbocycles. The second-order valence-electron chi connectivity index (χ2n) is 4.99. The fourth-order valence-corrected chi connectivity index (χ4v) is 3.21. The molecule has 0 amide bonds. The smallest absolute Gasteiger partial charge is 0.00105 e. The number of rotatable bonds is 3. The van der Waals surface area contributed by atoms with Crippen molar-refractivity contribution in [3.8, 4) is 0 Å². The Labute approximate surface area is 75.7 Å². The van der Waals surface area contributed by atoms with E-state index in [9.17, 15) is 0 Å². The van der Waals surface area contributed by atoms with Gasteiger partial charge in [-0.3, -0.25) is 0 Å². The Balaban J connectivity index is 1.76. The van der Waals surface area contributed by atoms with Gasteiger partial charge in [0.15, 0.2) is 0 Å². The third-order valence-electron chi connectivity index (χ3n) is 3.88. The van der Waals surface area contributed by atoms with Gasteiger partial charge in [-0.1, -0.05) is 6.42 Å². The first-order valence-corrected chi connectivity index (χ1v) is 5.51. The van der Waals surface area contributed by atoms with E-state index in [1.165, 1.54) is 32.1 Å². The van der Waals surface area contributed by atoms with Crippen molar-refractivity contribution < 1.29 is 0 Å². The maximum Gasteiger partial charge on any atom is 0.00105 e. The van der Waals surface area contributed by atoms with Gasteiger partial charge in [0.2, 0.25) is 0 Å². The lowest BCUT2D eigenvalue weighted by Crippen LogP contribution is -2.18. The molecule has 0 aromatic heterocycles. The fourth-order valence-electron chi connectivity index (χ4n) is 3.21. The summed E-state index contributed by atoms with van der Waals surface area (Å²) in [4.78, 5) is 0. The van der Waals surface area contributed by atoms with Crippen LogP contribution in [-0.2, 0) is 0 Å². The SMILES string of the molecule is C[C@@H](N)CCC1CC2CCC1C2. The highest BCUT2D eigenvalue weighted by atomic mass is 14.6. The van der Waals surface area contributed by atoms with Crippen LogP contribution in [0.4, 0.5) is 0 Å². The first-order valence-electron chi connectivity index (χ1n) is 5.51. The lowest BCUT2D eigenvalue weighted by atomic mass is 9.85. The molecule has 2 aliphatic rings. The average molecular weight is 167 g/mol. The quantitative estimate of drug-likeness (QED) is 0.687. The van der Waals surface area contributed by atoms with E-state index in [0.717, 1.165) is 17.8 Å². The molecular weight excluding hydrogens is 146 g/mol. The summed E-state index contributed by atoms with van der Waals surface area (Å²) < 4.78 is 0. The Kier molecular flexibility index (Phi) is 2.40. The third-order valence-corrected chi connectivity index (χ3v) is 3.88. The molecule has 1 heteroatoms. The predicted octanol–water partition coefficient (Wildman–Crippen LogP) is 2.55. The Morgan fingerprint density at radius 3 is 2.67 bits per heavy atom. The fraction of sp³-hybridized carbons (Fsp3) is 1.00. The molecule has 3 unspecified atom stereocenters. The van der Waals surface area contributed by atoms with Gasteiger partial charge in [-0.2, -0.15) is 0 Å². The Bertz CT molecular complexity index is 153. The van der Waals surface area contributed by atoms with Crippen molar-refractivity contribution >= 4 is 0 Å². The van der Waals surface area contributed by atoms with Crippen LogP contribution in [0.15, 0.2) is 0 Å². The minimum absolute atomic E-state index is 0.420. The molecule has 4 atom stereocenters. The van der Waals surface area contributed by atoms with Crippen molar-refractivity contribution in [3.05, 3.63) is 0 Å². The zero-order valence-corrected chi connectivity index (χ0v) is 8.13. The molecule has 0 saturated heterocycles. The summed E-state index contributed by atoms with van der Waals surface area (Å²) in [6.07, 6.45) is 8.77. The molecule has 2 saturated carbocycles. The summed E-state index contributed by atoms with van der Waals surface area (Å²) in [5, 5.41) is 0. The second-order valence-corrected chi connectivity index (χ2v) is 4.99. The van der Waals surface area contributed by atoms with Gasteiger partial charge >= 0.3 is 0 Å². The molecule has 70 valence electrons. The molecule has 0 aliphatic heterocycles. The topological polar surface area (TPSA) is 26.0 Å². The molecule has 0 aromatic rings. The van der Waals surface area contributed by atoms with Gasteiger partial charge in [0.05, 0.1) is 0 Å². The van der Waals surface area contributed by atoms with Crippen molar-refractivity contribution in [2.24, 2.45) is 23.5 Å². The van der Waals surface area contributed by atoms with Gasteiger partial charge in [0, 0.05) is 6.04 Å². The maximum atomic E-state index is 5.77. The van der Waals surface area contributed by atoms with Gasteiger partial charge in [-0.05, 0) is 56.8 Å². The van der Waals surface area contributed by atoms with Gasteiger partial charge in [-0.15, -0.1) is 0 Å². The van der Waals surface area contributed by atoms with Crippen LogP contribution in [0.1, 0.15) is 45.4 Å². The molecule has 12 heavy (non-hydrogen) atoms. The number of hydrogen-bond acceptors (Lipinski definition) is 1. The van der Waals surface area contributed by atoms with Gasteiger partial charge in [0.1, 0.15) is 0 Å². The number of hydrogen-bond donors (Lipinski definition) is 1. The molecule has 2 aliphatic carbocycles. The number of nitrogens with two attached hydrogens (primary N) is 1. The highest BCUT2D eigenvalue weighted by Gasteiger charge is 2.38. The van der Waals surface area contributed by atoms with E-state index in [1.807, 2.05) is 0 Å². The molecule has 2 bridgehead atoms. The Hall–Kier alpha value is -0.0400. The van der Waals surface area contributed by atoms with Crippen LogP contribution < -0.4 is 5.73 Å².